The minimum atomic E-state index is 0.696. The highest BCUT2D eigenvalue weighted by Gasteiger charge is 2.32. The fourth-order valence-corrected chi connectivity index (χ4v) is 4.06. The van der Waals surface area contributed by atoms with Crippen molar-refractivity contribution in [3.05, 3.63) is 29.8 Å². The summed E-state index contributed by atoms with van der Waals surface area (Å²) in [7, 11) is 1.75. The Bertz CT molecular complexity index is 447. The van der Waals surface area contributed by atoms with E-state index in [1.165, 1.54) is 50.5 Å². The fourth-order valence-electron chi connectivity index (χ4n) is 4.06. The largest absolute Gasteiger partial charge is 0.497 e. The number of rotatable bonds is 5. The van der Waals surface area contributed by atoms with E-state index >= 15 is 0 Å². The van der Waals surface area contributed by atoms with E-state index in [2.05, 4.69) is 30.4 Å². The molecule has 2 aliphatic carbocycles. The molecule has 2 saturated carbocycles. The molecular weight excluding hydrogens is 258 g/mol. The molecule has 2 fully saturated rings. The molecule has 0 amide bonds. The second-order valence-corrected chi connectivity index (χ2v) is 7.00. The van der Waals surface area contributed by atoms with Gasteiger partial charge in [-0.2, -0.15) is 0 Å². The molecule has 1 atom stereocenters. The Labute approximate surface area is 129 Å². The Morgan fingerprint density at radius 1 is 1.14 bits per heavy atom. The van der Waals surface area contributed by atoms with Crippen LogP contribution < -0.4 is 10.1 Å². The van der Waals surface area contributed by atoms with Crippen LogP contribution in [0.2, 0.25) is 0 Å². The summed E-state index contributed by atoms with van der Waals surface area (Å²) in [6.07, 6.45) is 9.75. The maximum atomic E-state index is 5.33. The van der Waals surface area contributed by atoms with Crippen LogP contribution in [0.5, 0.6) is 5.75 Å². The molecule has 116 valence electrons. The summed E-state index contributed by atoms with van der Waals surface area (Å²) in [4.78, 5) is 0. The molecular formula is C19H29NO. The van der Waals surface area contributed by atoms with Crippen LogP contribution in [-0.4, -0.2) is 19.2 Å². The van der Waals surface area contributed by atoms with Gasteiger partial charge in [-0.1, -0.05) is 31.4 Å². The van der Waals surface area contributed by atoms with Crippen LogP contribution in [-0.2, 0) is 0 Å². The summed E-state index contributed by atoms with van der Waals surface area (Å²) >= 11 is 0. The minimum absolute atomic E-state index is 0.696. The first-order chi connectivity index (χ1) is 10.3. The van der Waals surface area contributed by atoms with Crippen molar-refractivity contribution in [1.82, 2.24) is 5.32 Å². The van der Waals surface area contributed by atoms with Crippen molar-refractivity contribution in [2.24, 2.45) is 5.92 Å². The van der Waals surface area contributed by atoms with E-state index in [0.717, 1.165) is 23.6 Å². The van der Waals surface area contributed by atoms with Crippen LogP contribution in [0.15, 0.2) is 24.3 Å². The van der Waals surface area contributed by atoms with E-state index in [1.807, 2.05) is 6.07 Å². The average Bonchev–Trinajstić information content (AvgIpc) is 2.51. The Balaban J connectivity index is 1.46. The highest BCUT2D eigenvalue weighted by Crippen LogP contribution is 2.39. The molecule has 0 aliphatic heterocycles. The van der Waals surface area contributed by atoms with E-state index in [-0.39, 0.29) is 0 Å². The smallest absolute Gasteiger partial charge is 0.119 e. The third-order valence-corrected chi connectivity index (χ3v) is 5.56. The van der Waals surface area contributed by atoms with Gasteiger partial charge in [0.05, 0.1) is 7.11 Å². The predicted molar refractivity (Wildman–Crippen MR) is 87.9 cm³/mol. The molecule has 21 heavy (non-hydrogen) atoms. The van der Waals surface area contributed by atoms with Gasteiger partial charge in [0, 0.05) is 12.1 Å². The van der Waals surface area contributed by atoms with Crippen molar-refractivity contribution in [2.45, 2.75) is 69.9 Å². The second kappa shape index (κ2) is 6.83. The first-order valence-electron chi connectivity index (χ1n) is 8.66. The highest BCUT2D eigenvalue weighted by atomic mass is 16.5. The van der Waals surface area contributed by atoms with Gasteiger partial charge < -0.3 is 10.1 Å². The van der Waals surface area contributed by atoms with Crippen molar-refractivity contribution in [2.75, 3.05) is 7.11 Å². The number of ether oxygens (including phenoxy) is 1. The van der Waals surface area contributed by atoms with E-state index in [0.29, 0.717) is 6.04 Å². The maximum Gasteiger partial charge on any atom is 0.119 e. The molecule has 3 rings (SSSR count). The molecule has 1 N–H and O–H groups in total. The second-order valence-electron chi connectivity index (χ2n) is 7.00. The third-order valence-electron chi connectivity index (χ3n) is 5.56. The van der Waals surface area contributed by atoms with Crippen molar-refractivity contribution < 1.29 is 4.74 Å². The van der Waals surface area contributed by atoms with E-state index < -0.39 is 0 Å². The van der Waals surface area contributed by atoms with Crippen LogP contribution in [0.25, 0.3) is 0 Å². The van der Waals surface area contributed by atoms with Crippen molar-refractivity contribution in [3.63, 3.8) is 0 Å². The zero-order valence-corrected chi connectivity index (χ0v) is 13.5. The van der Waals surface area contributed by atoms with Gasteiger partial charge in [0.25, 0.3) is 0 Å². The van der Waals surface area contributed by atoms with Gasteiger partial charge in [-0.05, 0) is 62.1 Å². The lowest BCUT2D eigenvalue weighted by Crippen LogP contribution is -2.47. The highest BCUT2D eigenvalue weighted by molar-refractivity contribution is 5.32. The van der Waals surface area contributed by atoms with Crippen LogP contribution >= 0.6 is 0 Å². The summed E-state index contributed by atoms with van der Waals surface area (Å²) in [6.45, 7) is 2.40. The molecule has 0 aromatic heterocycles. The molecule has 0 bridgehead atoms. The van der Waals surface area contributed by atoms with Gasteiger partial charge in [0.1, 0.15) is 5.75 Å². The van der Waals surface area contributed by atoms with Crippen LogP contribution in [0.1, 0.15) is 63.4 Å². The van der Waals surface area contributed by atoms with Gasteiger partial charge in [0.15, 0.2) is 0 Å². The van der Waals surface area contributed by atoms with E-state index in [4.69, 9.17) is 4.74 Å². The van der Waals surface area contributed by atoms with Gasteiger partial charge in [-0.3, -0.25) is 0 Å². The standard InChI is InChI=1S/C19H29NO/c1-14(15-7-4-3-5-8-15)20-18-11-17(12-18)16-9-6-10-19(13-16)21-2/h6,9-10,13-15,17-18,20H,3-5,7-8,11-12H2,1-2H3/t14-,17?,18?/m1/s1. The van der Waals surface area contributed by atoms with E-state index in [1.54, 1.807) is 7.11 Å². The monoisotopic (exact) mass is 287 g/mol. The number of hydrogen-bond acceptors (Lipinski definition) is 2. The number of hydrogen-bond donors (Lipinski definition) is 1. The Hall–Kier alpha value is -1.02. The minimum Gasteiger partial charge on any atom is -0.497 e. The average molecular weight is 287 g/mol. The number of nitrogens with one attached hydrogen (secondary N) is 1. The summed E-state index contributed by atoms with van der Waals surface area (Å²) in [6, 6.07) is 10.0. The van der Waals surface area contributed by atoms with Crippen molar-refractivity contribution >= 4 is 0 Å². The lowest BCUT2D eigenvalue weighted by atomic mass is 9.74. The maximum absolute atomic E-state index is 5.33. The summed E-state index contributed by atoms with van der Waals surface area (Å²) in [5.41, 5.74) is 1.44. The fraction of sp³-hybridized carbons (Fsp3) is 0.684. The van der Waals surface area contributed by atoms with Crippen LogP contribution in [0, 0.1) is 5.92 Å². The SMILES string of the molecule is COc1cccc(C2CC(N[C@H](C)C3CCCCC3)C2)c1. The molecule has 2 nitrogen and oxygen atoms in total. The quantitative estimate of drug-likeness (QED) is 0.861. The van der Waals surface area contributed by atoms with Crippen molar-refractivity contribution in [1.29, 1.82) is 0 Å². The Morgan fingerprint density at radius 2 is 1.90 bits per heavy atom. The van der Waals surface area contributed by atoms with Gasteiger partial charge in [0.2, 0.25) is 0 Å². The van der Waals surface area contributed by atoms with Crippen LogP contribution in [0.4, 0.5) is 0 Å². The molecule has 0 spiro atoms. The molecule has 2 aliphatic rings. The molecule has 0 radical (unpaired) electrons. The zero-order chi connectivity index (χ0) is 14.7. The first kappa shape index (κ1) is 14.9. The summed E-state index contributed by atoms with van der Waals surface area (Å²) in [5, 5.41) is 3.88. The molecule has 1 aromatic rings. The first-order valence-corrected chi connectivity index (χ1v) is 8.66. The molecule has 0 unspecified atom stereocenters. The Morgan fingerprint density at radius 3 is 2.62 bits per heavy atom. The molecule has 2 heteroatoms. The molecule has 1 aromatic carbocycles. The van der Waals surface area contributed by atoms with E-state index in [9.17, 15) is 0 Å². The number of benzene rings is 1. The Kier molecular flexibility index (Phi) is 4.84. The molecule has 0 heterocycles. The van der Waals surface area contributed by atoms with Crippen molar-refractivity contribution in [3.8, 4) is 5.75 Å². The van der Waals surface area contributed by atoms with Crippen LogP contribution in [0.3, 0.4) is 0 Å². The zero-order valence-electron chi connectivity index (χ0n) is 13.5. The molecule has 0 saturated heterocycles. The lowest BCUT2D eigenvalue weighted by Gasteiger charge is -2.40. The number of methoxy groups -OCH3 is 1. The lowest BCUT2D eigenvalue weighted by molar-refractivity contribution is 0.210. The summed E-state index contributed by atoms with van der Waals surface area (Å²) in [5.74, 6) is 2.62. The topological polar surface area (TPSA) is 21.3 Å². The third kappa shape index (κ3) is 3.60. The summed E-state index contributed by atoms with van der Waals surface area (Å²) < 4.78 is 5.33. The van der Waals surface area contributed by atoms with Gasteiger partial charge >= 0.3 is 0 Å². The van der Waals surface area contributed by atoms with Gasteiger partial charge in [-0.15, -0.1) is 0 Å². The normalized spacial score (nSPS) is 27.9. The van der Waals surface area contributed by atoms with Gasteiger partial charge in [-0.25, -0.2) is 0 Å². The predicted octanol–water partition coefficient (Wildman–Crippen LogP) is 4.50.